The highest BCUT2D eigenvalue weighted by Crippen LogP contribution is 2.33. The van der Waals surface area contributed by atoms with Gasteiger partial charge in [-0.15, -0.1) is 0 Å². The molecule has 0 amide bonds. The molecular formula is C16H19NO. The van der Waals surface area contributed by atoms with Crippen LogP contribution in [0.15, 0.2) is 42.5 Å². The van der Waals surface area contributed by atoms with E-state index in [4.69, 9.17) is 0 Å². The second-order valence-electron chi connectivity index (χ2n) is 5.33. The maximum atomic E-state index is 9.63. The molecule has 0 spiro atoms. The Morgan fingerprint density at radius 3 is 2.44 bits per heavy atom. The second kappa shape index (κ2) is 4.62. The summed E-state index contributed by atoms with van der Waals surface area (Å²) in [6, 6.07) is 14.8. The van der Waals surface area contributed by atoms with Crippen molar-refractivity contribution in [1.82, 2.24) is 0 Å². The minimum Gasteiger partial charge on any atom is -0.394 e. The molecule has 2 nitrogen and oxygen atoms in total. The molecule has 3 rings (SSSR count). The van der Waals surface area contributed by atoms with Gasteiger partial charge in [0.1, 0.15) is 0 Å². The maximum Gasteiger partial charge on any atom is 0.0661 e. The Morgan fingerprint density at radius 2 is 1.72 bits per heavy atom. The fourth-order valence-electron chi connectivity index (χ4n) is 2.95. The van der Waals surface area contributed by atoms with Crippen molar-refractivity contribution in [2.75, 3.05) is 11.9 Å². The Kier molecular flexibility index (Phi) is 2.96. The zero-order chi connectivity index (χ0) is 12.4. The third-order valence-electron chi connectivity index (χ3n) is 4.02. The molecule has 0 radical (unpaired) electrons. The van der Waals surface area contributed by atoms with Crippen molar-refractivity contribution >= 4 is 16.5 Å². The fraction of sp³-hybridized carbons (Fsp3) is 0.375. The largest absolute Gasteiger partial charge is 0.394 e. The molecule has 0 saturated heterocycles. The van der Waals surface area contributed by atoms with Crippen molar-refractivity contribution in [2.45, 2.75) is 31.2 Å². The van der Waals surface area contributed by atoms with Crippen LogP contribution in [0.2, 0.25) is 0 Å². The molecule has 0 aromatic heterocycles. The van der Waals surface area contributed by atoms with E-state index in [1.807, 2.05) is 0 Å². The first kappa shape index (κ1) is 11.5. The number of aliphatic hydroxyl groups is 1. The summed E-state index contributed by atoms with van der Waals surface area (Å²) >= 11 is 0. The van der Waals surface area contributed by atoms with E-state index in [0.29, 0.717) is 0 Å². The average Bonchev–Trinajstić information content (AvgIpc) is 2.88. The van der Waals surface area contributed by atoms with Crippen molar-refractivity contribution in [3.63, 3.8) is 0 Å². The molecular weight excluding hydrogens is 222 g/mol. The first-order chi connectivity index (χ1) is 8.81. The number of benzene rings is 2. The van der Waals surface area contributed by atoms with Crippen LogP contribution in [0.1, 0.15) is 25.7 Å². The summed E-state index contributed by atoms with van der Waals surface area (Å²) in [6.07, 6.45) is 4.55. The number of hydrogen-bond acceptors (Lipinski definition) is 2. The zero-order valence-corrected chi connectivity index (χ0v) is 10.5. The van der Waals surface area contributed by atoms with Gasteiger partial charge in [-0.05, 0) is 35.7 Å². The Balaban J connectivity index is 1.90. The van der Waals surface area contributed by atoms with Crippen LogP contribution in [0.4, 0.5) is 5.69 Å². The third-order valence-corrected chi connectivity index (χ3v) is 4.02. The molecule has 2 aromatic carbocycles. The summed E-state index contributed by atoms with van der Waals surface area (Å²) in [5.74, 6) is 0. The van der Waals surface area contributed by atoms with Gasteiger partial charge in [0.05, 0.1) is 12.1 Å². The van der Waals surface area contributed by atoms with Crippen molar-refractivity contribution in [2.24, 2.45) is 0 Å². The molecule has 0 aliphatic heterocycles. The minimum absolute atomic E-state index is 0.0948. The third kappa shape index (κ3) is 2.08. The van der Waals surface area contributed by atoms with Crippen LogP contribution < -0.4 is 5.32 Å². The lowest BCUT2D eigenvalue weighted by atomic mass is 9.98. The highest BCUT2D eigenvalue weighted by atomic mass is 16.3. The van der Waals surface area contributed by atoms with Gasteiger partial charge in [0.2, 0.25) is 0 Å². The van der Waals surface area contributed by atoms with E-state index >= 15 is 0 Å². The Morgan fingerprint density at radius 1 is 1.00 bits per heavy atom. The number of fused-ring (bicyclic) bond motifs is 1. The van der Waals surface area contributed by atoms with Crippen LogP contribution in [0, 0.1) is 0 Å². The molecule has 2 aromatic rings. The first-order valence-corrected chi connectivity index (χ1v) is 6.69. The van der Waals surface area contributed by atoms with Crippen molar-refractivity contribution < 1.29 is 5.11 Å². The fourth-order valence-corrected chi connectivity index (χ4v) is 2.95. The van der Waals surface area contributed by atoms with E-state index in [-0.39, 0.29) is 12.1 Å². The van der Waals surface area contributed by atoms with Gasteiger partial charge in [0, 0.05) is 5.69 Å². The lowest BCUT2D eigenvalue weighted by Crippen LogP contribution is -2.38. The zero-order valence-electron chi connectivity index (χ0n) is 10.5. The number of anilines is 1. The molecule has 0 heterocycles. The minimum atomic E-state index is -0.0948. The molecule has 0 bridgehead atoms. The molecule has 18 heavy (non-hydrogen) atoms. The lowest BCUT2D eigenvalue weighted by Gasteiger charge is -2.29. The Hall–Kier alpha value is -1.54. The lowest BCUT2D eigenvalue weighted by molar-refractivity contribution is 0.214. The SMILES string of the molecule is OCC1(Nc2ccc3ccccc3c2)CCCC1. The van der Waals surface area contributed by atoms with E-state index in [2.05, 4.69) is 47.8 Å². The van der Waals surface area contributed by atoms with Gasteiger partial charge >= 0.3 is 0 Å². The van der Waals surface area contributed by atoms with Crippen LogP contribution in [-0.2, 0) is 0 Å². The normalized spacial score (nSPS) is 18.1. The topological polar surface area (TPSA) is 32.3 Å². The molecule has 1 aliphatic rings. The quantitative estimate of drug-likeness (QED) is 0.861. The molecule has 0 atom stereocenters. The smallest absolute Gasteiger partial charge is 0.0661 e. The van der Waals surface area contributed by atoms with Crippen LogP contribution in [0.25, 0.3) is 10.8 Å². The molecule has 2 N–H and O–H groups in total. The van der Waals surface area contributed by atoms with Crippen LogP contribution >= 0.6 is 0 Å². The van der Waals surface area contributed by atoms with E-state index in [1.165, 1.54) is 23.6 Å². The van der Waals surface area contributed by atoms with Crippen molar-refractivity contribution in [3.05, 3.63) is 42.5 Å². The summed E-state index contributed by atoms with van der Waals surface area (Å²) in [5.41, 5.74) is 1.02. The van der Waals surface area contributed by atoms with Crippen LogP contribution in [-0.4, -0.2) is 17.3 Å². The molecule has 1 fully saturated rings. The van der Waals surface area contributed by atoms with Gasteiger partial charge in [-0.3, -0.25) is 0 Å². The predicted octanol–water partition coefficient (Wildman–Crippen LogP) is 3.56. The summed E-state index contributed by atoms with van der Waals surface area (Å²) < 4.78 is 0. The number of rotatable bonds is 3. The van der Waals surface area contributed by atoms with Gasteiger partial charge in [-0.1, -0.05) is 43.2 Å². The monoisotopic (exact) mass is 241 g/mol. The van der Waals surface area contributed by atoms with Crippen molar-refractivity contribution in [1.29, 1.82) is 0 Å². The number of aliphatic hydroxyl groups excluding tert-OH is 1. The summed E-state index contributed by atoms with van der Waals surface area (Å²) in [5, 5.41) is 15.7. The molecule has 94 valence electrons. The summed E-state index contributed by atoms with van der Waals surface area (Å²) in [4.78, 5) is 0. The van der Waals surface area contributed by atoms with Gasteiger partial charge in [-0.2, -0.15) is 0 Å². The standard InChI is InChI=1S/C16H19NO/c18-12-16(9-3-4-10-16)17-15-8-7-13-5-1-2-6-14(13)11-15/h1-2,5-8,11,17-18H,3-4,9-10,12H2. The number of hydrogen-bond donors (Lipinski definition) is 2. The molecule has 1 saturated carbocycles. The second-order valence-corrected chi connectivity index (χ2v) is 5.33. The van der Waals surface area contributed by atoms with Crippen LogP contribution in [0.3, 0.4) is 0 Å². The summed E-state index contributed by atoms with van der Waals surface area (Å²) in [6.45, 7) is 0.222. The summed E-state index contributed by atoms with van der Waals surface area (Å²) in [7, 11) is 0. The van der Waals surface area contributed by atoms with E-state index in [0.717, 1.165) is 18.5 Å². The Labute approximate surface area is 108 Å². The highest BCUT2D eigenvalue weighted by molar-refractivity contribution is 5.85. The van der Waals surface area contributed by atoms with Gasteiger partial charge in [0.25, 0.3) is 0 Å². The predicted molar refractivity (Wildman–Crippen MR) is 75.9 cm³/mol. The van der Waals surface area contributed by atoms with Gasteiger partial charge in [-0.25, -0.2) is 0 Å². The highest BCUT2D eigenvalue weighted by Gasteiger charge is 2.32. The van der Waals surface area contributed by atoms with Crippen LogP contribution in [0.5, 0.6) is 0 Å². The first-order valence-electron chi connectivity index (χ1n) is 6.69. The Bertz CT molecular complexity index is 544. The van der Waals surface area contributed by atoms with E-state index in [9.17, 15) is 5.11 Å². The maximum absolute atomic E-state index is 9.63. The van der Waals surface area contributed by atoms with Gasteiger partial charge in [0.15, 0.2) is 0 Å². The molecule has 0 unspecified atom stereocenters. The molecule has 2 heteroatoms. The van der Waals surface area contributed by atoms with E-state index in [1.54, 1.807) is 0 Å². The molecule has 1 aliphatic carbocycles. The van der Waals surface area contributed by atoms with E-state index < -0.39 is 0 Å². The number of nitrogens with one attached hydrogen (secondary N) is 1. The average molecular weight is 241 g/mol. The van der Waals surface area contributed by atoms with Crippen molar-refractivity contribution in [3.8, 4) is 0 Å². The van der Waals surface area contributed by atoms with Gasteiger partial charge < -0.3 is 10.4 Å².